The van der Waals surface area contributed by atoms with E-state index in [1.165, 1.54) is 12.1 Å². The topological polar surface area (TPSA) is 61.4 Å². The van der Waals surface area contributed by atoms with Crippen LogP contribution in [0.1, 0.15) is 20.8 Å². The van der Waals surface area contributed by atoms with Gasteiger partial charge in [0.1, 0.15) is 5.82 Å². The number of anilines is 1. The average Bonchev–Trinajstić information content (AvgIpc) is 2.39. The van der Waals surface area contributed by atoms with E-state index >= 15 is 0 Å². The fourth-order valence-electron chi connectivity index (χ4n) is 1.73. The van der Waals surface area contributed by atoms with Gasteiger partial charge in [-0.2, -0.15) is 0 Å². The summed E-state index contributed by atoms with van der Waals surface area (Å²) < 4.78 is 13.5. The number of hydrogen-bond acceptors (Lipinski definition) is 3. The lowest BCUT2D eigenvalue weighted by Crippen LogP contribution is -2.46. The quantitative estimate of drug-likeness (QED) is 0.838. The van der Waals surface area contributed by atoms with Crippen molar-refractivity contribution in [3.8, 4) is 0 Å². The fourth-order valence-corrected chi connectivity index (χ4v) is 1.73. The molecule has 0 saturated heterocycles. The maximum atomic E-state index is 13.5. The Morgan fingerprint density at radius 3 is 2.43 bits per heavy atom. The molecule has 0 saturated carbocycles. The van der Waals surface area contributed by atoms with Gasteiger partial charge in [-0.1, -0.05) is 12.1 Å². The number of nitrogens with zero attached hydrogens (tertiary/aromatic N) is 1. The molecular weight excluding hydrogens is 273 g/mol. The molecule has 0 aliphatic rings. The zero-order valence-corrected chi connectivity index (χ0v) is 12.8. The molecule has 1 aromatic rings. The van der Waals surface area contributed by atoms with Crippen LogP contribution in [0.4, 0.5) is 10.1 Å². The number of para-hydroxylation sites is 1. The van der Waals surface area contributed by atoms with Crippen LogP contribution in [0.15, 0.2) is 24.3 Å². The van der Waals surface area contributed by atoms with Crippen LogP contribution in [0.3, 0.4) is 0 Å². The smallest absolute Gasteiger partial charge is 0.241 e. The van der Waals surface area contributed by atoms with E-state index in [1.54, 1.807) is 31.0 Å². The zero-order chi connectivity index (χ0) is 16.0. The predicted octanol–water partition coefficient (Wildman–Crippen LogP) is 1.61. The van der Waals surface area contributed by atoms with Gasteiger partial charge in [0.05, 0.1) is 18.3 Å². The average molecular weight is 295 g/mol. The molecule has 0 aliphatic carbocycles. The Morgan fingerprint density at radius 2 is 1.86 bits per heavy atom. The van der Waals surface area contributed by atoms with Gasteiger partial charge in [0, 0.05) is 6.04 Å². The number of amides is 2. The van der Waals surface area contributed by atoms with Crippen molar-refractivity contribution in [1.82, 2.24) is 10.2 Å². The number of benzene rings is 1. The summed E-state index contributed by atoms with van der Waals surface area (Å²) in [4.78, 5) is 25.3. The van der Waals surface area contributed by atoms with Crippen molar-refractivity contribution in [2.24, 2.45) is 0 Å². The highest BCUT2D eigenvalue weighted by Gasteiger charge is 2.21. The number of halogens is 1. The molecule has 116 valence electrons. The third-order valence-electron chi connectivity index (χ3n) is 3.01. The molecule has 2 N–H and O–H groups in total. The lowest BCUT2D eigenvalue weighted by Gasteiger charge is -2.23. The normalized spacial score (nSPS) is 12.3. The van der Waals surface area contributed by atoms with E-state index in [2.05, 4.69) is 10.6 Å². The van der Waals surface area contributed by atoms with Crippen LogP contribution in [0, 0.1) is 5.82 Å². The molecule has 0 heterocycles. The minimum Gasteiger partial charge on any atom is -0.353 e. The molecule has 0 fully saturated rings. The SMILES string of the molecule is CC(C)NC(=O)CN(C)[C@@H](C)C(=O)Nc1ccccc1F. The Morgan fingerprint density at radius 1 is 1.24 bits per heavy atom. The molecule has 5 nitrogen and oxygen atoms in total. The van der Waals surface area contributed by atoms with Crippen LogP contribution in [0.25, 0.3) is 0 Å². The summed E-state index contributed by atoms with van der Waals surface area (Å²) in [7, 11) is 1.67. The molecule has 21 heavy (non-hydrogen) atoms. The van der Waals surface area contributed by atoms with Crippen LogP contribution in [0.5, 0.6) is 0 Å². The molecule has 2 amide bonds. The highest BCUT2D eigenvalue weighted by Crippen LogP contribution is 2.13. The first-order valence-electron chi connectivity index (χ1n) is 6.86. The third-order valence-corrected chi connectivity index (χ3v) is 3.01. The first-order valence-corrected chi connectivity index (χ1v) is 6.86. The molecule has 1 aromatic carbocycles. The molecule has 0 spiro atoms. The second-order valence-electron chi connectivity index (χ2n) is 5.28. The molecule has 0 aliphatic heterocycles. The Kier molecular flexibility index (Phi) is 6.30. The van der Waals surface area contributed by atoms with E-state index in [0.717, 1.165) is 0 Å². The highest BCUT2D eigenvalue weighted by atomic mass is 19.1. The Balaban J connectivity index is 2.57. The van der Waals surface area contributed by atoms with Crippen molar-refractivity contribution in [1.29, 1.82) is 0 Å². The summed E-state index contributed by atoms with van der Waals surface area (Å²) >= 11 is 0. The second-order valence-corrected chi connectivity index (χ2v) is 5.28. The summed E-state index contributed by atoms with van der Waals surface area (Å²) in [5.41, 5.74) is 0.134. The van der Waals surface area contributed by atoms with Crippen molar-refractivity contribution in [3.05, 3.63) is 30.1 Å². The van der Waals surface area contributed by atoms with E-state index in [1.807, 2.05) is 13.8 Å². The first-order chi connectivity index (χ1) is 9.81. The largest absolute Gasteiger partial charge is 0.353 e. The van der Waals surface area contributed by atoms with Gasteiger partial charge in [0.15, 0.2) is 0 Å². The molecule has 0 bridgehead atoms. The Hall–Kier alpha value is -1.95. The maximum Gasteiger partial charge on any atom is 0.241 e. The lowest BCUT2D eigenvalue weighted by atomic mass is 10.2. The van der Waals surface area contributed by atoms with E-state index in [-0.39, 0.29) is 30.1 Å². The van der Waals surface area contributed by atoms with Crippen molar-refractivity contribution < 1.29 is 14.0 Å². The minimum atomic E-state index is -0.553. The number of rotatable bonds is 6. The molecule has 0 aromatic heterocycles. The van der Waals surface area contributed by atoms with Gasteiger partial charge in [-0.15, -0.1) is 0 Å². The monoisotopic (exact) mass is 295 g/mol. The number of hydrogen-bond donors (Lipinski definition) is 2. The maximum absolute atomic E-state index is 13.5. The second kappa shape index (κ2) is 7.73. The number of carbonyl (C=O) groups is 2. The van der Waals surface area contributed by atoms with Gasteiger partial charge in [0.25, 0.3) is 0 Å². The van der Waals surface area contributed by atoms with Crippen LogP contribution in [0.2, 0.25) is 0 Å². The van der Waals surface area contributed by atoms with Crippen LogP contribution in [-0.2, 0) is 9.59 Å². The number of likely N-dealkylation sites (N-methyl/N-ethyl adjacent to an activating group) is 1. The molecule has 1 atom stereocenters. The predicted molar refractivity (Wildman–Crippen MR) is 80.4 cm³/mol. The van der Waals surface area contributed by atoms with E-state index in [4.69, 9.17) is 0 Å². The van der Waals surface area contributed by atoms with Crippen molar-refractivity contribution in [3.63, 3.8) is 0 Å². The fraction of sp³-hybridized carbons (Fsp3) is 0.467. The summed E-state index contributed by atoms with van der Waals surface area (Å²) in [6.07, 6.45) is 0. The zero-order valence-electron chi connectivity index (χ0n) is 12.8. The van der Waals surface area contributed by atoms with E-state index in [0.29, 0.717) is 0 Å². The molecule has 1 rings (SSSR count). The first kappa shape index (κ1) is 17.1. The number of carbonyl (C=O) groups excluding carboxylic acids is 2. The van der Waals surface area contributed by atoms with Crippen LogP contribution in [-0.4, -0.2) is 42.4 Å². The summed E-state index contributed by atoms with van der Waals surface area (Å²) in [6.45, 7) is 5.50. The van der Waals surface area contributed by atoms with Crippen molar-refractivity contribution in [2.75, 3.05) is 18.9 Å². The third kappa shape index (κ3) is 5.51. The van der Waals surface area contributed by atoms with Gasteiger partial charge in [0.2, 0.25) is 11.8 Å². The van der Waals surface area contributed by atoms with Gasteiger partial charge < -0.3 is 10.6 Å². The van der Waals surface area contributed by atoms with E-state index < -0.39 is 11.9 Å². The van der Waals surface area contributed by atoms with Gasteiger partial charge in [-0.3, -0.25) is 14.5 Å². The van der Waals surface area contributed by atoms with Crippen LogP contribution >= 0.6 is 0 Å². The lowest BCUT2D eigenvalue weighted by molar-refractivity contribution is -0.125. The summed E-state index contributed by atoms with van der Waals surface area (Å²) in [6, 6.07) is 5.46. The van der Waals surface area contributed by atoms with Crippen LogP contribution < -0.4 is 10.6 Å². The minimum absolute atomic E-state index is 0.0495. The summed E-state index contributed by atoms with van der Waals surface area (Å²) in [5.74, 6) is -1.00. The van der Waals surface area contributed by atoms with Gasteiger partial charge >= 0.3 is 0 Å². The summed E-state index contributed by atoms with van der Waals surface area (Å²) in [5, 5.41) is 5.27. The number of nitrogens with one attached hydrogen (secondary N) is 2. The van der Waals surface area contributed by atoms with E-state index in [9.17, 15) is 14.0 Å². The van der Waals surface area contributed by atoms with Crippen molar-refractivity contribution in [2.45, 2.75) is 32.9 Å². The standard InChI is InChI=1S/C15H22FN3O2/c1-10(2)17-14(20)9-19(4)11(3)15(21)18-13-8-6-5-7-12(13)16/h5-8,10-11H,9H2,1-4H3,(H,17,20)(H,18,21)/t11-/m0/s1. The van der Waals surface area contributed by atoms with Crippen molar-refractivity contribution >= 4 is 17.5 Å². The van der Waals surface area contributed by atoms with Gasteiger partial charge in [-0.25, -0.2) is 4.39 Å². The Labute approximate surface area is 124 Å². The Bertz CT molecular complexity index is 505. The highest BCUT2D eigenvalue weighted by molar-refractivity contribution is 5.95. The molecule has 0 radical (unpaired) electrons. The van der Waals surface area contributed by atoms with Gasteiger partial charge in [-0.05, 0) is 40.0 Å². The molecular formula is C15H22FN3O2. The molecule has 0 unspecified atom stereocenters. The molecule has 6 heteroatoms.